The first kappa shape index (κ1) is 16.8. The molecule has 0 atom stereocenters. The summed E-state index contributed by atoms with van der Waals surface area (Å²) in [6, 6.07) is 0. The molecule has 0 heterocycles. The Balaban J connectivity index is 2.27. The molecule has 0 aromatic heterocycles. The van der Waals surface area contributed by atoms with Crippen molar-refractivity contribution in [3.63, 3.8) is 0 Å². The van der Waals surface area contributed by atoms with E-state index in [0.29, 0.717) is 0 Å². The van der Waals surface area contributed by atoms with Gasteiger partial charge >= 0.3 is 11.9 Å². The van der Waals surface area contributed by atoms with Crippen molar-refractivity contribution in [2.24, 2.45) is 11.8 Å². The predicted molar refractivity (Wildman–Crippen MR) is 84.1 cm³/mol. The van der Waals surface area contributed by atoms with Crippen molar-refractivity contribution in [3.8, 4) is 0 Å². The molecular formula is C18H26O4. The summed E-state index contributed by atoms with van der Waals surface area (Å²) in [4.78, 5) is 23.5. The van der Waals surface area contributed by atoms with Crippen molar-refractivity contribution in [2.45, 2.75) is 57.0 Å². The Hall–Kier alpha value is -1.58. The second kappa shape index (κ2) is 7.61. The zero-order valence-electron chi connectivity index (χ0n) is 13.2. The molecule has 2 rings (SSSR count). The SMILES string of the molecule is C=CC(=O)OCC(OC(=O)C=C)(C1CCCC1)C1CCCC1. The van der Waals surface area contributed by atoms with E-state index >= 15 is 0 Å². The molecule has 0 amide bonds. The monoisotopic (exact) mass is 306 g/mol. The van der Waals surface area contributed by atoms with Crippen molar-refractivity contribution in [2.75, 3.05) is 6.61 Å². The van der Waals surface area contributed by atoms with E-state index in [-0.39, 0.29) is 18.4 Å². The van der Waals surface area contributed by atoms with Gasteiger partial charge in [0.25, 0.3) is 0 Å². The van der Waals surface area contributed by atoms with E-state index in [2.05, 4.69) is 13.2 Å². The lowest BCUT2D eigenvalue weighted by Gasteiger charge is -2.42. The molecule has 0 spiro atoms. The van der Waals surface area contributed by atoms with Gasteiger partial charge in [0.2, 0.25) is 0 Å². The minimum absolute atomic E-state index is 0.132. The van der Waals surface area contributed by atoms with Crippen molar-refractivity contribution in [3.05, 3.63) is 25.3 Å². The lowest BCUT2D eigenvalue weighted by atomic mass is 9.75. The standard InChI is InChI=1S/C18H26O4/c1-3-16(19)21-13-18(22-17(20)4-2,14-9-5-6-10-14)15-11-7-8-12-15/h3-4,14-15H,1-2,5-13H2. The third-order valence-corrected chi connectivity index (χ3v) is 5.16. The van der Waals surface area contributed by atoms with Gasteiger partial charge in [-0.25, -0.2) is 9.59 Å². The van der Waals surface area contributed by atoms with Gasteiger partial charge in [-0.2, -0.15) is 0 Å². The Bertz CT molecular complexity index is 412. The molecule has 22 heavy (non-hydrogen) atoms. The number of rotatable bonds is 7. The van der Waals surface area contributed by atoms with E-state index < -0.39 is 17.5 Å². The predicted octanol–water partition coefficient (Wildman–Crippen LogP) is 3.56. The third kappa shape index (κ3) is 3.60. The third-order valence-electron chi connectivity index (χ3n) is 5.16. The molecule has 0 aliphatic heterocycles. The van der Waals surface area contributed by atoms with E-state index in [1.807, 2.05) is 0 Å². The molecule has 0 aromatic carbocycles. The Kier molecular flexibility index (Phi) is 5.81. The molecule has 0 radical (unpaired) electrons. The minimum atomic E-state index is -0.697. The molecule has 0 N–H and O–H groups in total. The van der Waals surface area contributed by atoms with E-state index in [0.717, 1.165) is 57.4 Å². The summed E-state index contributed by atoms with van der Waals surface area (Å²) in [5.74, 6) is -0.363. The summed E-state index contributed by atoms with van der Waals surface area (Å²) in [6.07, 6.45) is 11.0. The normalized spacial score (nSPS) is 19.8. The average Bonchev–Trinajstić information content (AvgIpc) is 3.24. The van der Waals surface area contributed by atoms with Crippen molar-refractivity contribution in [1.82, 2.24) is 0 Å². The quantitative estimate of drug-likeness (QED) is 0.533. The van der Waals surface area contributed by atoms with Gasteiger partial charge in [0.1, 0.15) is 6.61 Å². The molecule has 4 heteroatoms. The summed E-state index contributed by atoms with van der Waals surface area (Å²) < 4.78 is 11.2. The van der Waals surface area contributed by atoms with E-state index in [4.69, 9.17) is 9.47 Å². The largest absolute Gasteiger partial charge is 0.458 e. The highest BCUT2D eigenvalue weighted by molar-refractivity contribution is 5.82. The summed E-state index contributed by atoms with van der Waals surface area (Å²) in [5, 5.41) is 0. The Labute approximate surface area is 132 Å². The topological polar surface area (TPSA) is 52.6 Å². The summed E-state index contributed by atoms with van der Waals surface area (Å²) >= 11 is 0. The second-order valence-corrected chi connectivity index (χ2v) is 6.35. The molecule has 2 saturated carbocycles. The van der Waals surface area contributed by atoms with Crippen LogP contribution in [-0.2, 0) is 19.1 Å². The molecule has 2 aliphatic carbocycles. The van der Waals surface area contributed by atoms with Crippen LogP contribution in [0.3, 0.4) is 0 Å². The molecule has 0 aromatic rings. The molecule has 0 bridgehead atoms. The highest BCUT2D eigenvalue weighted by Crippen LogP contribution is 2.47. The molecule has 0 saturated heterocycles. The first-order valence-electron chi connectivity index (χ1n) is 8.27. The maximum Gasteiger partial charge on any atom is 0.330 e. The fourth-order valence-corrected chi connectivity index (χ4v) is 4.07. The number of esters is 2. The zero-order valence-corrected chi connectivity index (χ0v) is 13.2. The van der Waals surface area contributed by atoms with Crippen LogP contribution in [0.25, 0.3) is 0 Å². The van der Waals surface area contributed by atoms with Crippen LogP contribution in [0.5, 0.6) is 0 Å². The summed E-state index contributed by atoms with van der Waals surface area (Å²) in [5.41, 5.74) is -0.697. The van der Waals surface area contributed by atoms with Crippen LogP contribution < -0.4 is 0 Å². The molecule has 2 fully saturated rings. The first-order valence-corrected chi connectivity index (χ1v) is 8.27. The number of carbonyl (C=O) groups excluding carboxylic acids is 2. The van der Waals surface area contributed by atoms with Crippen LogP contribution in [-0.4, -0.2) is 24.1 Å². The van der Waals surface area contributed by atoms with Gasteiger partial charge in [-0.05, 0) is 25.7 Å². The molecule has 0 unspecified atom stereocenters. The Morgan fingerprint density at radius 1 is 0.909 bits per heavy atom. The smallest absolute Gasteiger partial charge is 0.330 e. The van der Waals surface area contributed by atoms with Crippen molar-refractivity contribution in [1.29, 1.82) is 0 Å². The number of hydrogen-bond acceptors (Lipinski definition) is 4. The number of ether oxygens (including phenoxy) is 2. The number of carbonyl (C=O) groups is 2. The highest BCUT2D eigenvalue weighted by Gasteiger charge is 2.51. The molecular weight excluding hydrogens is 280 g/mol. The maximum absolute atomic E-state index is 12.0. The highest BCUT2D eigenvalue weighted by atomic mass is 16.6. The molecule has 122 valence electrons. The van der Waals surface area contributed by atoms with Crippen molar-refractivity contribution >= 4 is 11.9 Å². The fourth-order valence-electron chi connectivity index (χ4n) is 4.07. The van der Waals surface area contributed by atoms with E-state index in [9.17, 15) is 9.59 Å². The Morgan fingerprint density at radius 2 is 1.36 bits per heavy atom. The van der Waals surface area contributed by atoms with Crippen LogP contribution in [0.15, 0.2) is 25.3 Å². The van der Waals surface area contributed by atoms with Crippen LogP contribution in [0.4, 0.5) is 0 Å². The van der Waals surface area contributed by atoms with Gasteiger partial charge in [0, 0.05) is 24.0 Å². The van der Waals surface area contributed by atoms with E-state index in [1.54, 1.807) is 0 Å². The van der Waals surface area contributed by atoms with Crippen LogP contribution in [0, 0.1) is 11.8 Å². The first-order chi connectivity index (χ1) is 10.6. The molecule has 4 nitrogen and oxygen atoms in total. The van der Waals surface area contributed by atoms with Gasteiger partial charge in [-0.1, -0.05) is 38.8 Å². The summed E-state index contributed by atoms with van der Waals surface area (Å²) in [7, 11) is 0. The van der Waals surface area contributed by atoms with Gasteiger partial charge < -0.3 is 9.47 Å². The van der Waals surface area contributed by atoms with Crippen LogP contribution in [0.2, 0.25) is 0 Å². The Morgan fingerprint density at radius 3 is 1.77 bits per heavy atom. The maximum atomic E-state index is 12.0. The van der Waals surface area contributed by atoms with Gasteiger partial charge in [-0.3, -0.25) is 0 Å². The molecule has 2 aliphatic rings. The minimum Gasteiger partial charge on any atom is -0.458 e. The van der Waals surface area contributed by atoms with Crippen molar-refractivity contribution < 1.29 is 19.1 Å². The van der Waals surface area contributed by atoms with E-state index in [1.165, 1.54) is 6.08 Å². The summed E-state index contributed by atoms with van der Waals surface area (Å²) in [6.45, 7) is 7.08. The number of hydrogen-bond donors (Lipinski definition) is 0. The second-order valence-electron chi connectivity index (χ2n) is 6.35. The fraction of sp³-hybridized carbons (Fsp3) is 0.667. The lowest BCUT2D eigenvalue weighted by molar-refractivity contribution is -0.185. The van der Waals surface area contributed by atoms with Gasteiger partial charge in [-0.15, -0.1) is 0 Å². The zero-order chi connectivity index (χ0) is 16.0. The lowest BCUT2D eigenvalue weighted by Crippen LogP contribution is -2.51. The van der Waals surface area contributed by atoms with Crippen LogP contribution >= 0.6 is 0 Å². The average molecular weight is 306 g/mol. The van der Waals surface area contributed by atoms with Gasteiger partial charge in [0.15, 0.2) is 5.60 Å². The van der Waals surface area contributed by atoms with Crippen LogP contribution in [0.1, 0.15) is 51.4 Å². The van der Waals surface area contributed by atoms with Gasteiger partial charge in [0.05, 0.1) is 0 Å².